The number of nitrogens with zero attached hydrogens (tertiary/aromatic N) is 2. The fourth-order valence-corrected chi connectivity index (χ4v) is 6.25. The number of hydrogen-bond donors (Lipinski definition) is 4. The number of carbonyl (C=O) groups is 4. The maximum atomic E-state index is 11.6. The molecule has 0 saturated heterocycles. The van der Waals surface area contributed by atoms with Gasteiger partial charge in [0.05, 0.1) is 11.9 Å². The largest absolute Gasteiger partial charge is 2.00 e. The van der Waals surface area contributed by atoms with Gasteiger partial charge < -0.3 is 40.2 Å². The van der Waals surface area contributed by atoms with Crippen LogP contribution in [0.4, 0.5) is 0 Å². The van der Waals surface area contributed by atoms with E-state index < -0.39 is 70.5 Å². The molecule has 0 amide bonds. The van der Waals surface area contributed by atoms with E-state index in [0.29, 0.717) is 0 Å². The summed E-state index contributed by atoms with van der Waals surface area (Å²) in [6, 6.07) is -4.08. The maximum absolute atomic E-state index is 11.6. The number of aliphatic hydroxyl groups excluding tert-OH is 2. The molecule has 268 valence electrons. The fraction of sp³-hybridized carbons (Fsp3) is 0.765. The van der Waals surface area contributed by atoms with Crippen molar-refractivity contribution < 1.29 is 58.8 Å². The molecule has 0 aliphatic heterocycles. The predicted molar refractivity (Wildman–Crippen MR) is 178 cm³/mol. The Kier molecular flexibility index (Phi) is 30.0. The monoisotopic (exact) mass is 698 g/mol. The summed E-state index contributed by atoms with van der Waals surface area (Å²) in [5.41, 5.74) is 0. The number of carboxylic acids is 4. The summed E-state index contributed by atoms with van der Waals surface area (Å²) in [4.78, 5) is 46.2. The Labute approximate surface area is 312 Å². The molecule has 0 aromatic heterocycles. The van der Waals surface area contributed by atoms with Crippen molar-refractivity contribution in [2.45, 2.75) is 143 Å². The van der Waals surface area contributed by atoms with E-state index in [9.17, 15) is 49.8 Å². The van der Waals surface area contributed by atoms with Crippen molar-refractivity contribution >= 4 is 61.6 Å². The Morgan fingerprint density at radius 3 is 1.04 bits per heavy atom. The van der Waals surface area contributed by atoms with Crippen molar-refractivity contribution in [3.63, 3.8) is 0 Å². The first-order chi connectivity index (χ1) is 21.8. The molecule has 0 spiro atoms. The standard InChI is InChI=1S/2C17H31NO5.Ca/c2*1-4-7-8-9-10-11-12-18(13-19,14(5-2)16(20)21)15(6-3)17(22)23;/h2*10-11,14-15,19H,4-9,12-13H2,1-3H3,(H-,20,21,22,23);/q;;+2/b2*11-10+;. The fourth-order valence-electron chi connectivity index (χ4n) is 6.25. The Morgan fingerprint density at radius 1 is 0.553 bits per heavy atom. The zero-order valence-electron chi connectivity index (χ0n) is 29.8. The van der Waals surface area contributed by atoms with Crippen LogP contribution in [-0.2, 0) is 19.2 Å². The quantitative estimate of drug-likeness (QED) is 0.0342. The van der Waals surface area contributed by atoms with E-state index in [1.165, 1.54) is 0 Å². The van der Waals surface area contributed by atoms with Crippen molar-refractivity contribution in [2.75, 3.05) is 26.6 Å². The smallest absolute Gasteiger partial charge is 0.544 e. The summed E-state index contributed by atoms with van der Waals surface area (Å²) in [5, 5.41) is 61.7. The topological polar surface area (TPSA) is 195 Å². The minimum atomic E-state index is -1.32. The van der Waals surface area contributed by atoms with Crippen LogP contribution in [0.3, 0.4) is 0 Å². The molecule has 4 N–H and O–H groups in total. The van der Waals surface area contributed by atoms with Crippen LogP contribution in [0.25, 0.3) is 0 Å². The van der Waals surface area contributed by atoms with Crippen LogP contribution in [0.5, 0.6) is 0 Å². The van der Waals surface area contributed by atoms with Gasteiger partial charge in [-0.15, -0.1) is 0 Å². The van der Waals surface area contributed by atoms with E-state index in [1.807, 2.05) is 12.2 Å². The third kappa shape index (κ3) is 16.1. The number of unbranched alkanes of at least 4 members (excludes halogenated alkanes) is 6. The van der Waals surface area contributed by atoms with Gasteiger partial charge in [0.2, 0.25) is 0 Å². The molecule has 0 aliphatic rings. The zero-order valence-corrected chi connectivity index (χ0v) is 32.0. The van der Waals surface area contributed by atoms with Crippen molar-refractivity contribution in [1.82, 2.24) is 0 Å². The molecule has 6 atom stereocenters. The van der Waals surface area contributed by atoms with Gasteiger partial charge in [0.15, 0.2) is 25.5 Å². The van der Waals surface area contributed by atoms with Crippen LogP contribution in [0.15, 0.2) is 24.3 Å². The number of aliphatic carboxylic acids is 4. The van der Waals surface area contributed by atoms with Gasteiger partial charge in [-0.05, 0) is 37.8 Å². The first-order valence-corrected chi connectivity index (χ1v) is 16.9. The molecule has 0 aromatic rings. The number of aliphatic hydroxyl groups is 2. The molecule has 0 aliphatic carbocycles. The Bertz CT molecular complexity index is 826. The summed E-state index contributed by atoms with van der Waals surface area (Å²) < 4.78 is -0.843. The molecule has 0 heterocycles. The zero-order chi connectivity index (χ0) is 35.8. The molecule has 0 radical (unpaired) electrons. The second kappa shape index (κ2) is 28.3. The second-order valence-electron chi connectivity index (χ2n) is 11.8. The van der Waals surface area contributed by atoms with E-state index in [-0.39, 0.29) is 76.5 Å². The molecule has 12 nitrogen and oxygen atoms in total. The van der Waals surface area contributed by atoms with Gasteiger partial charge >= 0.3 is 49.7 Å². The number of rotatable bonds is 26. The molecule has 0 aromatic carbocycles. The van der Waals surface area contributed by atoms with Gasteiger partial charge in [-0.2, -0.15) is 0 Å². The second-order valence-corrected chi connectivity index (χ2v) is 11.8. The summed E-state index contributed by atoms with van der Waals surface area (Å²) in [6.07, 6.45) is 16.6. The van der Waals surface area contributed by atoms with Crippen LogP contribution in [0, 0.1) is 0 Å². The van der Waals surface area contributed by atoms with Crippen molar-refractivity contribution in [3.05, 3.63) is 24.3 Å². The predicted octanol–water partition coefficient (Wildman–Crippen LogP) is 2.18. The minimum Gasteiger partial charge on any atom is -0.544 e. The number of allylic oxidation sites excluding steroid dienone is 2. The molecule has 0 saturated carbocycles. The summed E-state index contributed by atoms with van der Waals surface area (Å²) in [5.74, 6) is -4.83. The van der Waals surface area contributed by atoms with Crippen LogP contribution in [-0.4, -0.2) is 142 Å². The number of carboxylic acid groups (broad SMARTS) is 4. The first kappa shape index (κ1) is 49.8. The van der Waals surface area contributed by atoms with E-state index in [0.717, 1.165) is 51.4 Å². The maximum Gasteiger partial charge on any atom is 2.00 e. The SMILES string of the molecule is CCCCC/C=C/C[N+](CO)(C(CC)C(=O)[O-])C(CC)C(=O)O.CCCCC/C=C/C[N+](CO)(C(CC)C(=O)[O-])C(CC)C(=O)O.[Ca+2]. The minimum absolute atomic E-state index is 0. The van der Waals surface area contributed by atoms with Crippen LogP contribution in [0.1, 0.15) is 119 Å². The van der Waals surface area contributed by atoms with Crippen LogP contribution in [0.2, 0.25) is 0 Å². The van der Waals surface area contributed by atoms with Crippen molar-refractivity contribution in [1.29, 1.82) is 0 Å². The van der Waals surface area contributed by atoms with Gasteiger partial charge in [0.25, 0.3) is 0 Å². The van der Waals surface area contributed by atoms with Gasteiger partial charge in [0.1, 0.15) is 25.2 Å². The van der Waals surface area contributed by atoms with Gasteiger partial charge in [-0.25, -0.2) is 9.59 Å². The third-order valence-electron chi connectivity index (χ3n) is 8.84. The molecule has 47 heavy (non-hydrogen) atoms. The summed E-state index contributed by atoms with van der Waals surface area (Å²) in [7, 11) is 0. The molecular weight excluding hydrogens is 636 g/mol. The molecule has 0 rings (SSSR count). The number of carbonyl (C=O) groups excluding carboxylic acids is 2. The number of quaternary nitrogens is 2. The molecular formula is C34H62CaN2O10+2. The first-order valence-electron chi connectivity index (χ1n) is 16.9. The van der Waals surface area contributed by atoms with E-state index in [2.05, 4.69) is 13.8 Å². The van der Waals surface area contributed by atoms with Crippen molar-refractivity contribution in [3.8, 4) is 0 Å². The Balaban J connectivity index is -0.000000807. The molecule has 13 heteroatoms. The van der Waals surface area contributed by atoms with E-state index in [4.69, 9.17) is 0 Å². The number of hydrogen-bond acceptors (Lipinski definition) is 8. The average molecular weight is 699 g/mol. The summed E-state index contributed by atoms with van der Waals surface area (Å²) >= 11 is 0. The summed E-state index contributed by atoms with van der Waals surface area (Å²) in [6.45, 7) is 10.2. The van der Waals surface area contributed by atoms with Gasteiger partial charge in [-0.1, -0.05) is 79.4 Å². The van der Waals surface area contributed by atoms with Crippen LogP contribution >= 0.6 is 0 Å². The van der Waals surface area contributed by atoms with E-state index >= 15 is 0 Å². The van der Waals surface area contributed by atoms with E-state index in [1.54, 1.807) is 39.8 Å². The Morgan fingerprint density at radius 2 is 0.851 bits per heavy atom. The van der Waals surface area contributed by atoms with Crippen LogP contribution < -0.4 is 10.2 Å². The van der Waals surface area contributed by atoms with Gasteiger partial charge in [0, 0.05) is 25.7 Å². The molecule has 0 fully saturated rings. The van der Waals surface area contributed by atoms with Crippen molar-refractivity contribution in [2.24, 2.45) is 0 Å². The molecule has 6 unspecified atom stereocenters. The molecule has 0 bridgehead atoms. The Hall–Kier alpha value is -1.54. The third-order valence-corrected chi connectivity index (χ3v) is 8.84. The van der Waals surface area contributed by atoms with Gasteiger partial charge in [-0.3, -0.25) is 8.97 Å². The normalized spacial score (nSPS) is 16.5. The average Bonchev–Trinajstić information content (AvgIpc) is 3.00.